The highest BCUT2D eigenvalue weighted by molar-refractivity contribution is 6.31. The summed E-state index contributed by atoms with van der Waals surface area (Å²) in [5.41, 5.74) is 1.05. The van der Waals surface area contributed by atoms with Crippen LogP contribution in [0.4, 0.5) is 0 Å². The summed E-state index contributed by atoms with van der Waals surface area (Å²) < 4.78 is 0. The Labute approximate surface area is 89.5 Å². The smallest absolute Gasteiger partial charge is 0.143 e. The summed E-state index contributed by atoms with van der Waals surface area (Å²) in [6, 6.07) is 7.68. The minimum Gasteiger partial charge on any atom is -0.299 e. The van der Waals surface area contributed by atoms with Gasteiger partial charge in [0, 0.05) is 11.6 Å². The fraction of sp³-hybridized carbons (Fsp3) is 0.364. The van der Waals surface area contributed by atoms with Gasteiger partial charge in [-0.05, 0) is 25.6 Å². The fourth-order valence-corrected chi connectivity index (χ4v) is 1.55. The Kier molecular flexibility index (Phi) is 4.11. The minimum atomic E-state index is 0.166. The number of rotatable bonds is 4. The van der Waals surface area contributed by atoms with Gasteiger partial charge in [0.2, 0.25) is 0 Å². The second-order valence-corrected chi connectivity index (χ2v) is 3.87. The SMILES string of the molecule is CC(=O)CN(C)Cc1ccccc1Cl. The highest BCUT2D eigenvalue weighted by Crippen LogP contribution is 2.16. The molecule has 0 saturated carbocycles. The number of halogens is 1. The Morgan fingerprint density at radius 2 is 2.07 bits per heavy atom. The predicted octanol–water partition coefficient (Wildman–Crippen LogP) is 2.36. The molecule has 0 aliphatic carbocycles. The predicted molar refractivity (Wildman–Crippen MR) is 58.5 cm³/mol. The van der Waals surface area contributed by atoms with Crippen LogP contribution in [0.15, 0.2) is 24.3 Å². The first-order chi connectivity index (χ1) is 6.59. The molecule has 2 nitrogen and oxygen atoms in total. The van der Waals surface area contributed by atoms with E-state index in [4.69, 9.17) is 11.6 Å². The maximum Gasteiger partial charge on any atom is 0.143 e. The molecule has 14 heavy (non-hydrogen) atoms. The molecule has 0 N–H and O–H groups in total. The first-order valence-electron chi connectivity index (χ1n) is 4.51. The van der Waals surface area contributed by atoms with Crippen LogP contribution in [-0.4, -0.2) is 24.3 Å². The van der Waals surface area contributed by atoms with Crippen molar-refractivity contribution in [1.29, 1.82) is 0 Å². The Morgan fingerprint density at radius 1 is 1.43 bits per heavy atom. The van der Waals surface area contributed by atoms with Crippen molar-refractivity contribution in [3.63, 3.8) is 0 Å². The van der Waals surface area contributed by atoms with Gasteiger partial charge in [-0.2, -0.15) is 0 Å². The summed E-state index contributed by atoms with van der Waals surface area (Å²) in [7, 11) is 1.91. The molecule has 0 aromatic heterocycles. The highest BCUT2D eigenvalue weighted by atomic mass is 35.5. The van der Waals surface area contributed by atoms with E-state index in [9.17, 15) is 4.79 Å². The number of hydrogen-bond donors (Lipinski definition) is 0. The van der Waals surface area contributed by atoms with E-state index in [1.165, 1.54) is 0 Å². The van der Waals surface area contributed by atoms with Gasteiger partial charge in [-0.15, -0.1) is 0 Å². The van der Waals surface area contributed by atoms with Crippen LogP contribution in [0.5, 0.6) is 0 Å². The zero-order chi connectivity index (χ0) is 10.6. The molecule has 0 aliphatic heterocycles. The van der Waals surface area contributed by atoms with Crippen LogP contribution in [0.2, 0.25) is 5.02 Å². The molecule has 0 aliphatic rings. The van der Waals surface area contributed by atoms with Crippen molar-refractivity contribution < 1.29 is 4.79 Å². The Morgan fingerprint density at radius 3 is 2.64 bits per heavy atom. The molecule has 0 fully saturated rings. The maximum absolute atomic E-state index is 10.9. The standard InChI is InChI=1S/C11H14ClNO/c1-9(14)7-13(2)8-10-5-3-4-6-11(10)12/h3-6H,7-8H2,1-2H3. The Hall–Kier alpha value is -0.860. The summed E-state index contributed by atoms with van der Waals surface area (Å²) in [6.07, 6.45) is 0. The molecule has 0 bridgehead atoms. The number of nitrogens with zero attached hydrogens (tertiary/aromatic N) is 1. The summed E-state index contributed by atoms with van der Waals surface area (Å²) >= 11 is 5.99. The van der Waals surface area contributed by atoms with Gasteiger partial charge >= 0.3 is 0 Å². The first kappa shape index (κ1) is 11.2. The Bertz CT molecular complexity index is 325. The minimum absolute atomic E-state index is 0.166. The lowest BCUT2D eigenvalue weighted by Crippen LogP contribution is -2.23. The number of likely N-dealkylation sites (N-methyl/N-ethyl adjacent to an activating group) is 1. The number of carbonyl (C=O) groups excluding carboxylic acids is 1. The van der Waals surface area contributed by atoms with Crippen molar-refractivity contribution in [2.75, 3.05) is 13.6 Å². The van der Waals surface area contributed by atoms with Gasteiger partial charge in [0.15, 0.2) is 0 Å². The zero-order valence-corrected chi connectivity index (χ0v) is 9.21. The van der Waals surface area contributed by atoms with Crippen molar-refractivity contribution in [2.45, 2.75) is 13.5 Å². The van der Waals surface area contributed by atoms with Crippen LogP contribution in [0.25, 0.3) is 0 Å². The van der Waals surface area contributed by atoms with Gasteiger partial charge in [-0.3, -0.25) is 9.69 Å². The molecule has 0 atom stereocenters. The molecular weight excluding hydrogens is 198 g/mol. The summed E-state index contributed by atoms with van der Waals surface area (Å²) in [5.74, 6) is 0.166. The molecule has 0 heterocycles. The normalized spacial score (nSPS) is 10.6. The largest absolute Gasteiger partial charge is 0.299 e. The van der Waals surface area contributed by atoms with Crippen LogP contribution < -0.4 is 0 Å². The average molecular weight is 212 g/mol. The first-order valence-corrected chi connectivity index (χ1v) is 4.89. The van der Waals surface area contributed by atoms with E-state index in [1.807, 2.05) is 36.2 Å². The van der Waals surface area contributed by atoms with Crippen LogP contribution in [0.3, 0.4) is 0 Å². The van der Waals surface area contributed by atoms with E-state index in [0.717, 1.165) is 10.6 Å². The molecule has 1 rings (SSSR count). The monoisotopic (exact) mass is 211 g/mol. The molecule has 76 valence electrons. The summed E-state index contributed by atoms with van der Waals surface area (Å²) in [6.45, 7) is 2.76. The van der Waals surface area contributed by atoms with Crippen LogP contribution >= 0.6 is 11.6 Å². The summed E-state index contributed by atoms with van der Waals surface area (Å²) in [4.78, 5) is 12.8. The third-order valence-electron chi connectivity index (χ3n) is 1.89. The maximum atomic E-state index is 10.9. The average Bonchev–Trinajstić information content (AvgIpc) is 2.07. The fourth-order valence-electron chi connectivity index (χ4n) is 1.35. The highest BCUT2D eigenvalue weighted by Gasteiger charge is 2.05. The van der Waals surface area contributed by atoms with E-state index in [2.05, 4.69) is 0 Å². The number of ketones is 1. The van der Waals surface area contributed by atoms with Crippen LogP contribution in [-0.2, 0) is 11.3 Å². The van der Waals surface area contributed by atoms with Crippen LogP contribution in [0.1, 0.15) is 12.5 Å². The van der Waals surface area contributed by atoms with Crippen molar-refractivity contribution >= 4 is 17.4 Å². The molecule has 0 radical (unpaired) electrons. The second-order valence-electron chi connectivity index (χ2n) is 3.47. The molecule has 3 heteroatoms. The van der Waals surface area contributed by atoms with E-state index in [0.29, 0.717) is 13.1 Å². The lowest BCUT2D eigenvalue weighted by molar-refractivity contribution is -0.117. The topological polar surface area (TPSA) is 20.3 Å². The van der Waals surface area contributed by atoms with Gasteiger partial charge in [-0.1, -0.05) is 29.8 Å². The number of carbonyl (C=O) groups is 1. The van der Waals surface area contributed by atoms with Gasteiger partial charge in [0.25, 0.3) is 0 Å². The van der Waals surface area contributed by atoms with Crippen molar-refractivity contribution in [3.05, 3.63) is 34.9 Å². The van der Waals surface area contributed by atoms with Gasteiger partial charge < -0.3 is 0 Å². The molecule has 0 amide bonds. The number of benzene rings is 1. The number of Topliss-reactive ketones (excluding diaryl/α,β-unsaturated/α-hetero) is 1. The third-order valence-corrected chi connectivity index (χ3v) is 2.26. The van der Waals surface area contributed by atoms with Crippen molar-refractivity contribution in [1.82, 2.24) is 4.90 Å². The number of hydrogen-bond acceptors (Lipinski definition) is 2. The molecule has 0 unspecified atom stereocenters. The van der Waals surface area contributed by atoms with Gasteiger partial charge in [-0.25, -0.2) is 0 Å². The Balaban J connectivity index is 2.60. The zero-order valence-electron chi connectivity index (χ0n) is 8.46. The third kappa shape index (κ3) is 3.48. The quantitative estimate of drug-likeness (QED) is 0.762. The van der Waals surface area contributed by atoms with E-state index in [1.54, 1.807) is 6.92 Å². The van der Waals surface area contributed by atoms with Gasteiger partial charge in [0.05, 0.1) is 6.54 Å². The van der Waals surface area contributed by atoms with Crippen molar-refractivity contribution in [2.24, 2.45) is 0 Å². The molecule has 0 spiro atoms. The molecule has 1 aromatic rings. The molecule has 0 saturated heterocycles. The molecule has 1 aromatic carbocycles. The van der Waals surface area contributed by atoms with E-state index < -0.39 is 0 Å². The van der Waals surface area contributed by atoms with Crippen molar-refractivity contribution in [3.8, 4) is 0 Å². The lowest BCUT2D eigenvalue weighted by atomic mass is 10.2. The van der Waals surface area contributed by atoms with E-state index >= 15 is 0 Å². The second kappa shape index (κ2) is 5.13. The van der Waals surface area contributed by atoms with E-state index in [-0.39, 0.29) is 5.78 Å². The van der Waals surface area contributed by atoms with Gasteiger partial charge in [0.1, 0.15) is 5.78 Å². The summed E-state index contributed by atoms with van der Waals surface area (Å²) in [5, 5.41) is 0.753. The van der Waals surface area contributed by atoms with Crippen LogP contribution in [0, 0.1) is 0 Å². The lowest BCUT2D eigenvalue weighted by Gasteiger charge is -2.15. The molecular formula is C11H14ClNO.